The van der Waals surface area contributed by atoms with E-state index in [2.05, 4.69) is 15.3 Å². The number of carboxylic acids is 1. The van der Waals surface area contributed by atoms with Crippen LogP contribution in [0.5, 0.6) is 0 Å². The van der Waals surface area contributed by atoms with Gasteiger partial charge in [0.25, 0.3) is 5.56 Å². The van der Waals surface area contributed by atoms with Gasteiger partial charge in [-0.25, -0.2) is 8.42 Å². The standard InChI is InChI=1S/C23H30N4O5S/c1-14(2)27(13-16-6-4-10-24-16)33(31,32)17-8-9-19-18(11-17)21-15(5-3-7-20(28)29)12-25-22(21)23(30)26-19/h8-9,11-12,14,16,24-25H,3-7,10,13H2,1-2H3,(H,26,30)(H,28,29)/t16-/m0/s1. The molecule has 1 aliphatic heterocycles. The van der Waals surface area contributed by atoms with E-state index in [0.29, 0.717) is 41.2 Å². The van der Waals surface area contributed by atoms with Crippen LogP contribution < -0.4 is 10.9 Å². The second-order valence-electron chi connectivity index (χ2n) is 8.93. The maximum Gasteiger partial charge on any atom is 0.303 e. The van der Waals surface area contributed by atoms with E-state index in [1.54, 1.807) is 18.3 Å². The molecule has 10 heteroatoms. The molecule has 0 aliphatic carbocycles. The fourth-order valence-corrected chi connectivity index (χ4v) is 6.32. The van der Waals surface area contributed by atoms with Gasteiger partial charge in [-0.3, -0.25) is 9.59 Å². The summed E-state index contributed by atoms with van der Waals surface area (Å²) in [6.07, 6.45) is 4.59. The van der Waals surface area contributed by atoms with E-state index >= 15 is 0 Å². The highest BCUT2D eigenvalue weighted by molar-refractivity contribution is 7.89. The van der Waals surface area contributed by atoms with Crippen LogP contribution in [0.1, 0.15) is 45.1 Å². The number of sulfonamides is 1. The number of aliphatic carboxylic acids is 1. The summed E-state index contributed by atoms with van der Waals surface area (Å²) >= 11 is 0. The van der Waals surface area contributed by atoms with Crippen molar-refractivity contribution in [3.63, 3.8) is 0 Å². The van der Waals surface area contributed by atoms with Crippen molar-refractivity contribution in [2.75, 3.05) is 13.1 Å². The maximum absolute atomic E-state index is 13.6. The van der Waals surface area contributed by atoms with Crippen LogP contribution in [0.2, 0.25) is 0 Å². The molecule has 9 nitrogen and oxygen atoms in total. The Kier molecular flexibility index (Phi) is 6.60. The molecule has 1 fully saturated rings. The zero-order valence-electron chi connectivity index (χ0n) is 18.8. The molecule has 1 saturated heterocycles. The molecule has 3 heterocycles. The van der Waals surface area contributed by atoms with Crippen LogP contribution in [-0.4, -0.2) is 58.9 Å². The molecule has 0 unspecified atom stereocenters. The van der Waals surface area contributed by atoms with Crippen LogP contribution >= 0.6 is 0 Å². The quantitative estimate of drug-likeness (QED) is 0.376. The number of aromatic nitrogens is 2. The van der Waals surface area contributed by atoms with Gasteiger partial charge >= 0.3 is 5.97 Å². The Morgan fingerprint density at radius 2 is 2.09 bits per heavy atom. The summed E-state index contributed by atoms with van der Waals surface area (Å²) in [6, 6.07) is 4.71. The zero-order valence-corrected chi connectivity index (χ0v) is 19.7. The minimum atomic E-state index is -3.77. The molecule has 3 aromatic rings. The molecule has 1 aliphatic rings. The van der Waals surface area contributed by atoms with Crippen molar-refractivity contribution in [2.45, 2.75) is 62.9 Å². The molecule has 4 N–H and O–H groups in total. The largest absolute Gasteiger partial charge is 0.481 e. The number of rotatable bonds is 9. The van der Waals surface area contributed by atoms with E-state index in [0.717, 1.165) is 24.9 Å². The topological polar surface area (TPSA) is 135 Å². The summed E-state index contributed by atoms with van der Waals surface area (Å²) in [5, 5.41) is 13.6. The second kappa shape index (κ2) is 9.28. The van der Waals surface area contributed by atoms with Crippen molar-refractivity contribution < 1.29 is 18.3 Å². The number of carbonyl (C=O) groups is 1. The minimum Gasteiger partial charge on any atom is -0.481 e. The molecule has 33 heavy (non-hydrogen) atoms. The van der Waals surface area contributed by atoms with Gasteiger partial charge in [-0.2, -0.15) is 4.31 Å². The second-order valence-corrected chi connectivity index (χ2v) is 10.8. The third kappa shape index (κ3) is 4.68. The van der Waals surface area contributed by atoms with Crippen molar-refractivity contribution in [1.29, 1.82) is 0 Å². The summed E-state index contributed by atoms with van der Waals surface area (Å²) < 4.78 is 28.8. The highest BCUT2D eigenvalue weighted by Crippen LogP contribution is 2.29. The van der Waals surface area contributed by atoms with E-state index < -0.39 is 16.0 Å². The number of benzene rings is 1. The summed E-state index contributed by atoms with van der Waals surface area (Å²) in [4.78, 5) is 29.4. The van der Waals surface area contributed by atoms with Crippen LogP contribution in [0, 0.1) is 0 Å². The van der Waals surface area contributed by atoms with E-state index in [1.165, 1.54) is 10.4 Å². The lowest BCUT2D eigenvalue weighted by atomic mass is 10.0. The van der Waals surface area contributed by atoms with Crippen molar-refractivity contribution >= 4 is 37.8 Å². The van der Waals surface area contributed by atoms with E-state index in [9.17, 15) is 18.0 Å². The number of nitrogens with zero attached hydrogens (tertiary/aromatic N) is 1. The summed E-state index contributed by atoms with van der Waals surface area (Å²) in [5.41, 5.74) is 1.40. The van der Waals surface area contributed by atoms with Gasteiger partial charge in [0, 0.05) is 47.5 Å². The van der Waals surface area contributed by atoms with Gasteiger partial charge in [0.15, 0.2) is 0 Å². The Balaban J connectivity index is 1.79. The van der Waals surface area contributed by atoms with Gasteiger partial charge in [0.2, 0.25) is 10.0 Å². The molecule has 0 saturated carbocycles. The van der Waals surface area contributed by atoms with Crippen molar-refractivity contribution in [3.8, 4) is 0 Å². The van der Waals surface area contributed by atoms with Crippen LogP contribution in [-0.2, 0) is 21.2 Å². The molecule has 1 aromatic carbocycles. The monoisotopic (exact) mass is 474 g/mol. The van der Waals surface area contributed by atoms with Gasteiger partial charge in [-0.1, -0.05) is 0 Å². The van der Waals surface area contributed by atoms with Gasteiger partial charge in [0.1, 0.15) is 5.52 Å². The Morgan fingerprint density at radius 1 is 1.30 bits per heavy atom. The number of pyridine rings is 1. The molecule has 0 amide bonds. The minimum absolute atomic E-state index is 0.0198. The Hall–Kier alpha value is -2.69. The van der Waals surface area contributed by atoms with Crippen LogP contribution in [0.25, 0.3) is 21.8 Å². The average molecular weight is 475 g/mol. The van der Waals surface area contributed by atoms with Gasteiger partial charge < -0.3 is 20.4 Å². The number of aromatic amines is 2. The maximum atomic E-state index is 13.6. The summed E-state index contributed by atoms with van der Waals surface area (Å²) in [6.45, 7) is 5.05. The Bertz CT molecular complexity index is 1340. The first-order chi connectivity index (χ1) is 15.7. The van der Waals surface area contributed by atoms with Crippen molar-refractivity contribution in [3.05, 3.63) is 40.3 Å². The predicted octanol–water partition coefficient (Wildman–Crippen LogP) is 2.57. The Morgan fingerprint density at radius 3 is 2.76 bits per heavy atom. The molecular formula is C23H30N4O5S. The SMILES string of the molecule is CC(C)N(C[C@@H]1CCCN1)S(=O)(=O)c1ccc2[nH]c(=O)c3[nH]cc(CCCC(=O)O)c3c2c1. The van der Waals surface area contributed by atoms with Crippen molar-refractivity contribution in [1.82, 2.24) is 19.6 Å². The van der Waals surface area contributed by atoms with E-state index in [-0.39, 0.29) is 29.0 Å². The normalized spacial score (nSPS) is 17.0. The highest BCUT2D eigenvalue weighted by Gasteiger charge is 2.31. The number of carboxylic acid groups (broad SMARTS) is 1. The van der Waals surface area contributed by atoms with Crippen molar-refractivity contribution in [2.24, 2.45) is 0 Å². The van der Waals surface area contributed by atoms with Crippen LogP contribution in [0.3, 0.4) is 0 Å². The number of hydrogen-bond acceptors (Lipinski definition) is 5. The fourth-order valence-electron chi connectivity index (χ4n) is 4.61. The number of H-pyrrole nitrogens is 2. The van der Waals surface area contributed by atoms with Gasteiger partial charge in [-0.05, 0) is 69.8 Å². The summed E-state index contributed by atoms with van der Waals surface area (Å²) in [7, 11) is -3.77. The van der Waals surface area contributed by atoms with Gasteiger partial charge in [-0.15, -0.1) is 0 Å². The first kappa shape index (κ1) is 23.5. The first-order valence-corrected chi connectivity index (χ1v) is 12.8. The molecule has 4 rings (SSSR count). The van der Waals surface area contributed by atoms with E-state index in [4.69, 9.17) is 5.11 Å². The predicted molar refractivity (Wildman–Crippen MR) is 127 cm³/mol. The molecule has 1 atom stereocenters. The molecule has 2 aromatic heterocycles. The zero-order chi connectivity index (χ0) is 23.8. The Labute approximate surface area is 192 Å². The molecule has 0 bridgehead atoms. The number of nitrogens with one attached hydrogen (secondary N) is 3. The lowest BCUT2D eigenvalue weighted by Crippen LogP contribution is -2.44. The number of aryl methyl sites for hydroxylation is 1. The lowest BCUT2D eigenvalue weighted by molar-refractivity contribution is -0.137. The number of hydrogen-bond donors (Lipinski definition) is 4. The molecule has 0 spiro atoms. The lowest BCUT2D eigenvalue weighted by Gasteiger charge is -2.28. The van der Waals surface area contributed by atoms with Gasteiger partial charge in [0.05, 0.1) is 4.90 Å². The smallest absolute Gasteiger partial charge is 0.303 e. The fraction of sp³-hybridized carbons (Fsp3) is 0.478. The molecule has 0 radical (unpaired) electrons. The van der Waals surface area contributed by atoms with E-state index in [1.807, 2.05) is 13.8 Å². The molecule has 178 valence electrons. The highest BCUT2D eigenvalue weighted by atomic mass is 32.2. The number of fused-ring (bicyclic) bond motifs is 3. The third-order valence-electron chi connectivity index (χ3n) is 6.28. The third-order valence-corrected chi connectivity index (χ3v) is 8.32. The molecular weight excluding hydrogens is 444 g/mol. The summed E-state index contributed by atoms with van der Waals surface area (Å²) in [5.74, 6) is -0.878. The first-order valence-electron chi connectivity index (χ1n) is 11.3. The average Bonchev–Trinajstić information content (AvgIpc) is 3.42. The van der Waals surface area contributed by atoms with Crippen LogP contribution in [0.4, 0.5) is 0 Å². The van der Waals surface area contributed by atoms with Crippen LogP contribution in [0.15, 0.2) is 34.1 Å².